The normalized spacial score (nSPS) is 9.83. The summed E-state index contributed by atoms with van der Waals surface area (Å²) in [6, 6.07) is 9.54. The highest BCUT2D eigenvalue weighted by Gasteiger charge is 2.09. The molecule has 0 aliphatic rings. The summed E-state index contributed by atoms with van der Waals surface area (Å²) >= 11 is 5.86. The first-order chi connectivity index (χ1) is 8.72. The average Bonchev–Trinajstić information content (AvgIpc) is 2.38. The Hall–Kier alpha value is -2.12. The fraction of sp³-hybridized carbons (Fsp3) is 0.0769. The molecule has 1 heterocycles. The van der Waals surface area contributed by atoms with Crippen LogP contribution in [0.5, 0.6) is 5.88 Å². The summed E-state index contributed by atoms with van der Waals surface area (Å²) in [5, 5.41) is 9.14. The van der Waals surface area contributed by atoms with Gasteiger partial charge in [-0.05, 0) is 24.3 Å². The molecular formula is C13H8ClFN2O. The van der Waals surface area contributed by atoms with E-state index in [4.69, 9.17) is 21.6 Å². The van der Waals surface area contributed by atoms with Gasteiger partial charge in [0.25, 0.3) is 0 Å². The van der Waals surface area contributed by atoms with Gasteiger partial charge in [0.2, 0.25) is 5.88 Å². The molecule has 0 aliphatic heterocycles. The summed E-state index contributed by atoms with van der Waals surface area (Å²) < 4.78 is 18.8. The second-order valence-electron chi connectivity index (χ2n) is 3.46. The number of hydrogen-bond acceptors (Lipinski definition) is 3. The molecule has 0 atom stereocenters. The van der Waals surface area contributed by atoms with E-state index in [2.05, 4.69) is 4.98 Å². The van der Waals surface area contributed by atoms with Crippen molar-refractivity contribution < 1.29 is 9.13 Å². The Morgan fingerprint density at radius 2 is 2.17 bits per heavy atom. The summed E-state index contributed by atoms with van der Waals surface area (Å²) in [7, 11) is 0. The standard InChI is InChI=1S/C13H8ClFN2O/c14-11-4-1-5-12(15)10(11)8-18-13-9(7-16)3-2-6-17-13/h1-6H,8H2. The fourth-order valence-electron chi connectivity index (χ4n) is 1.40. The molecule has 0 saturated carbocycles. The number of pyridine rings is 1. The van der Waals surface area contributed by atoms with Crippen molar-refractivity contribution in [1.29, 1.82) is 5.26 Å². The van der Waals surface area contributed by atoms with Crippen LogP contribution in [0.4, 0.5) is 4.39 Å². The van der Waals surface area contributed by atoms with Crippen LogP contribution in [0, 0.1) is 17.1 Å². The molecule has 3 nitrogen and oxygen atoms in total. The van der Waals surface area contributed by atoms with Gasteiger partial charge < -0.3 is 4.74 Å². The lowest BCUT2D eigenvalue weighted by atomic mass is 10.2. The SMILES string of the molecule is N#Cc1cccnc1OCc1c(F)cccc1Cl. The highest BCUT2D eigenvalue weighted by Crippen LogP contribution is 2.21. The maximum absolute atomic E-state index is 13.5. The van der Waals surface area contributed by atoms with E-state index in [1.165, 1.54) is 18.3 Å². The monoisotopic (exact) mass is 262 g/mol. The molecule has 5 heteroatoms. The van der Waals surface area contributed by atoms with Crippen LogP contribution >= 0.6 is 11.6 Å². The molecule has 18 heavy (non-hydrogen) atoms. The highest BCUT2D eigenvalue weighted by molar-refractivity contribution is 6.31. The third kappa shape index (κ3) is 2.58. The highest BCUT2D eigenvalue weighted by atomic mass is 35.5. The maximum atomic E-state index is 13.5. The van der Waals surface area contributed by atoms with Gasteiger partial charge >= 0.3 is 0 Å². The zero-order valence-electron chi connectivity index (χ0n) is 9.23. The van der Waals surface area contributed by atoms with E-state index in [1.54, 1.807) is 18.2 Å². The van der Waals surface area contributed by atoms with E-state index >= 15 is 0 Å². The largest absolute Gasteiger partial charge is 0.472 e. The molecule has 90 valence electrons. The Morgan fingerprint density at radius 1 is 1.33 bits per heavy atom. The minimum atomic E-state index is -0.447. The van der Waals surface area contributed by atoms with Gasteiger partial charge in [-0.2, -0.15) is 5.26 Å². The fourth-order valence-corrected chi connectivity index (χ4v) is 1.62. The molecule has 1 aromatic carbocycles. The predicted molar refractivity (Wildman–Crippen MR) is 64.7 cm³/mol. The average molecular weight is 263 g/mol. The van der Waals surface area contributed by atoms with Crippen molar-refractivity contribution in [2.24, 2.45) is 0 Å². The molecule has 0 N–H and O–H groups in total. The van der Waals surface area contributed by atoms with Crippen LogP contribution in [0.1, 0.15) is 11.1 Å². The molecule has 0 unspecified atom stereocenters. The number of benzene rings is 1. The maximum Gasteiger partial charge on any atom is 0.231 e. The van der Waals surface area contributed by atoms with Gasteiger partial charge in [0.1, 0.15) is 24.1 Å². The van der Waals surface area contributed by atoms with Crippen molar-refractivity contribution in [3.63, 3.8) is 0 Å². The van der Waals surface area contributed by atoms with Gasteiger partial charge in [-0.1, -0.05) is 17.7 Å². The van der Waals surface area contributed by atoms with E-state index in [1.807, 2.05) is 6.07 Å². The van der Waals surface area contributed by atoms with Crippen LogP contribution in [0.15, 0.2) is 36.5 Å². The lowest BCUT2D eigenvalue weighted by molar-refractivity contribution is 0.287. The Kier molecular flexibility index (Phi) is 3.75. The second-order valence-corrected chi connectivity index (χ2v) is 3.86. The van der Waals surface area contributed by atoms with Crippen molar-refractivity contribution in [3.8, 4) is 11.9 Å². The van der Waals surface area contributed by atoms with E-state index < -0.39 is 5.82 Å². The summed E-state index contributed by atoms with van der Waals surface area (Å²) in [6.45, 7) is -0.0722. The van der Waals surface area contributed by atoms with Crippen molar-refractivity contribution in [3.05, 3.63) is 58.5 Å². The molecule has 2 rings (SSSR count). The van der Waals surface area contributed by atoms with Crippen molar-refractivity contribution in [2.45, 2.75) is 6.61 Å². The van der Waals surface area contributed by atoms with Crippen LogP contribution in [-0.4, -0.2) is 4.98 Å². The minimum absolute atomic E-state index is 0.0722. The van der Waals surface area contributed by atoms with Crippen LogP contribution in [0.2, 0.25) is 5.02 Å². The lowest BCUT2D eigenvalue weighted by Crippen LogP contribution is -2.02. The topological polar surface area (TPSA) is 45.9 Å². The zero-order chi connectivity index (χ0) is 13.0. The number of nitrogens with zero attached hydrogens (tertiary/aromatic N) is 2. The number of aromatic nitrogens is 1. The molecule has 2 aromatic rings. The van der Waals surface area contributed by atoms with Gasteiger partial charge in [-0.15, -0.1) is 0 Å². The molecule has 0 aliphatic carbocycles. The molecule has 0 fully saturated rings. The first-order valence-electron chi connectivity index (χ1n) is 5.13. The first kappa shape index (κ1) is 12.3. The summed E-state index contributed by atoms with van der Waals surface area (Å²) in [6.07, 6.45) is 1.50. The minimum Gasteiger partial charge on any atom is -0.472 e. The van der Waals surface area contributed by atoms with Crippen LogP contribution in [-0.2, 0) is 6.61 Å². The van der Waals surface area contributed by atoms with Gasteiger partial charge in [-0.25, -0.2) is 9.37 Å². The quantitative estimate of drug-likeness (QED) is 0.852. The van der Waals surface area contributed by atoms with Gasteiger partial charge in [0, 0.05) is 11.8 Å². The number of nitriles is 1. The third-order valence-electron chi connectivity index (χ3n) is 2.31. The van der Waals surface area contributed by atoms with Crippen LogP contribution < -0.4 is 4.74 Å². The first-order valence-corrected chi connectivity index (χ1v) is 5.51. The molecular weight excluding hydrogens is 255 g/mol. The molecule has 0 spiro atoms. The van der Waals surface area contributed by atoms with Gasteiger partial charge in [-0.3, -0.25) is 0 Å². The third-order valence-corrected chi connectivity index (χ3v) is 2.66. The second kappa shape index (κ2) is 5.48. The number of rotatable bonds is 3. The molecule has 1 aromatic heterocycles. The van der Waals surface area contributed by atoms with E-state index in [0.29, 0.717) is 5.56 Å². The van der Waals surface area contributed by atoms with Crippen molar-refractivity contribution >= 4 is 11.6 Å². The Labute approximate surface area is 108 Å². The Balaban J connectivity index is 2.20. The summed E-state index contributed by atoms with van der Waals surface area (Å²) in [5.74, 6) is -0.281. The number of ether oxygens (including phenoxy) is 1. The Morgan fingerprint density at radius 3 is 2.89 bits per heavy atom. The number of hydrogen-bond donors (Lipinski definition) is 0. The van der Waals surface area contributed by atoms with E-state index in [-0.39, 0.29) is 23.1 Å². The summed E-state index contributed by atoms with van der Waals surface area (Å²) in [4.78, 5) is 3.91. The van der Waals surface area contributed by atoms with Crippen LogP contribution in [0.25, 0.3) is 0 Å². The summed E-state index contributed by atoms with van der Waals surface area (Å²) in [5.41, 5.74) is 0.540. The Bertz CT molecular complexity index is 590. The zero-order valence-corrected chi connectivity index (χ0v) is 9.99. The van der Waals surface area contributed by atoms with Crippen LogP contribution in [0.3, 0.4) is 0 Å². The molecule has 0 amide bonds. The lowest BCUT2D eigenvalue weighted by Gasteiger charge is -2.08. The van der Waals surface area contributed by atoms with E-state index in [0.717, 1.165) is 0 Å². The predicted octanol–water partition coefficient (Wildman–Crippen LogP) is 3.32. The van der Waals surface area contributed by atoms with Crippen molar-refractivity contribution in [1.82, 2.24) is 4.98 Å². The number of halogens is 2. The van der Waals surface area contributed by atoms with Crippen molar-refractivity contribution in [2.75, 3.05) is 0 Å². The molecule has 0 saturated heterocycles. The van der Waals surface area contributed by atoms with Gasteiger partial charge in [0.05, 0.1) is 5.02 Å². The van der Waals surface area contributed by atoms with E-state index in [9.17, 15) is 4.39 Å². The molecule has 0 bridgehead atoms. The smallest absolute Gasteiger partial charge is 0.231 e. The molecule has 0 radical (unpaired) electrons. The van der Waals surface area contributed by atoms with Gasteiger partial charge in [0.15, 0.2) is 0 Å².